The molecule has 19 heavy (non-hydrogen) atoms. The lowest BCUT2D eigenvalue weighted by Gasteiger charge is -2.13. The van der Waals surface area contributed by atoms with Crippen LogP contribution in [0.1, 0.15) is 29.9 Å². The van der Waals surface area contributed by atoms with Crippen LogP contribution in [0.25, 0.3) is 10.9 Å². The van der Waals surface area contributed by atoms with E-state index in [0.717, 1.165) is 34.2 Å². The first-order valence-electron chi connectivity index (χ1n) is 6.39. The van der Waals surface area contributed by atoms with E-state index in [2.05, 4.69) is 4.98 Å². The summed E-state index contributed by atoms with van der Waals surface area (Å²) in [6, 6.07) is 11.6. The van der Waals surface area contributed by atoms with E-state index in [4.69, 9.17) is 4.42 Å². The van der Waals surface area contributed by atoms with Crippen molar-refractivity contribution < 1.29 is 9.52 Å². The fourth-order valence-electron chi connectivity index (χ4n) is 2.40. The Balaban J connectivity index is 2.14. The van der Waals surface area contributed by atoms with E-state index in [1.54, 1.807) is 12.5 Å². The molecular formula is C16H15NO2. The number of aliphatic hydroxyl groups is 1. The van der Waals surface area contributed by atoms with Crippen LogP contribution < -0.4 is 0 Å². The van der Waals surface area contributed by atoms with E-state index in [-0.39, 0.29) is 0 Å². The molecule has 0 saturated heterocycles. The molecule has 1 aromatic carbocycles. The quantitative estimate of drug-likeness (QED) is 0.777. The molecule has 0 fully saturated rings. The third kappa shape index (κ3) is 2.02. The summed E-state index contributed by atoms with van der Waals surface area (Å²) in [7, 11) is 0. The minimum atomic E-state index is -0.702. The van der Waals surface area contributed by atoms with Gasteiger partial charge in [0.25, 0.3) is 0 Å². The SMILES string of the molecule is CCc1occc1C(O)c1cccc2cccnc12. The summed E-state index contributed by atoms with van der Waals surface area (Å²) in [5.41, 5.74) is 2.47. The number of benzene rings is 1. The van der Waals surface area contributed by atoms with E-state index in [9.17, 15) is 5.11 Å². The molecule has 1 unspecified atom stereocenters. The zero-order valence-corrected chi connectivity index (χ0v) is 10.7. The number of para-hydroxylation sites is 1. The maximum Gasteiger partial charge on any atom is 0.110 e. The second-order valence-electron chi connectivity index (χ2n) is 4.48. The van der Waals surface area contributed by atoms with E-state index in [1.807, 2.05) is 43.3 Å². The largest absolute Gasteiger partial charge is 0.469 e. The van der Waals surface area contributed by atoms with Crippen LogP contribution in [-0.4, -0.2) is 10.1 Å². The van der Waals surface area contributed by atoms with Gasteiger partial charge in [-0.2, -0.15) is 0 Å². The van der Waals surface area contributed by atoms with Gasteiger partial charge in [0, 0.05) is 29.1 Å². The van der Waals surface area contributed by atoms with Gasteiger partial charge in [-0.05, 0) is 12.1 Å². The molecule has 96 valence electrons. The zero-order chi connectivity index (χ0) is 13.2. The maximum absolute atomic E-state index is 10.6. The smallest absolute Gasteiger partial charge is 0.110 e. The van der Waals surface area contributed by atoms with Crippen molar-refractivity contribution in [1.82, 2.24) is 4.98 Å². The predicted octanol–water partition coefficient (Wildman–Crippen LogP) is 3.47. The predicted molar refractivity (Wildman–Crippen MR) is 73.9 cm³/mol. The Morgan fingerprint density at radius 3 is 2.84 bits per heavy atom. The van der Waals surface area contributed by atoms with Gasteiger partial charge in [-0.1, -0.05) is 31.2 Å². The van der Waals surface area contributed by atoms with Gasteiger partial charge in [0.05, 0.1) is 11.8 Å². The fourth-order valence-corrected chi connectivity index (χ4v) is 2.40. The highest BCUT2D eigenvalue weighted by atomic mass is 16.3. The molecule has 1 N–H and O–H groups in total. The van der Waals surface area contributed by atoms with Crippen molar-refractivity contribution in [2.24, 2.45) is 0 Å². The average Bonchev–Trinajstić information content (AvgIpc) is 2.94. The summed E-state index contributed by atoms with van der Waals surface area (Å²) in [6.07, 6.45) is 3.43. The van der Waals surface area contributed by atoms with Gasteiger partial charge in [-0.3, -0.25) is 4.98 Å². The Labute approximate surface area is 111 Å². The van der Waals surface area contributed by atoms with E-state index < -0.39 is 6.10 Å². The molecule has 0 amide bonds. The van der Waals surface area contributed by atoms with Crippen molar-refractivity contribution in [3.63, 3.8) is 0 Å². The van der Waals surface area contributed by atoms with Crippen LogP contribution >= 0.6 is 0 Å². The Hall–Kier alpha value is -2.13. The minimum absolute atomic E-state index is 0.702. The first-order chi connectivity index (χ1) is 9.31. The van der Waals surface area contributed by atoms with Crippen LogP contribution in [0.5, 0.6) is 0 Å². The number of aryl methyl sites for hydroxylation is 1. The number of furan rings is 1. The van der Waals surface area contributed by atoms with Crippen molar-refractivity contribution in [2.75, 3.05) is 0 Å². The summed E-state index contributed by atoms with van der Waals surface area (Å²) >= 11 is 0. The number of nitrogens with zero attached hydrogens (tertiary/aromatic N) is 1. The van der Waals surface area contributed by atoms with Crippen molar-refractivity contribution in [2.45, 2.75) is 19.4 Å². The molecule has 0 spiro atoms. The number of rotatable bonds is 3. The summed E-state index contributed by atoms with van der Waals surface area (Å²) < 4.78 is 5.39. The lowest BCUT2D eigenvalue weighted by molar-refractivity contribution is 0.218. The monoisotopic (exact) mass is 253 g/mol. The highest BCUT2D eigenvalue weighted by Crippen LogP contribution is 2.30. The molecule has 3 aromatic rings. The number of aliphatic hydroxyl groups excluding tert-OH is 1. The number of pyridine rings is 1. The lowest BCUT2D eigenvalue weighted by Crippen LogP contribution is -2.02. The number of hydrogen-bond donors (Lipinski definition) is 1. The first kappa shape index (κ1) is 11.9. The van der Waals surface area contributed by atoms with Crippen molar-refractivity contribution in [3.8, 4) is 0 Å². The minimum Gasteiger partial charge on any atom is -0.469 e. The molecule has 2 heterocycles. The summed E-state index contributed by atoms with van der Waals surface area (Å²) in [4.78, 5) is 4.38. The summed E-state index contributed by atoms with van der Waals surface area (Å²) in [5, 5.41) is 11.6. The molecule has 0 aliphatic carbocycles. The molecule has 0 aliphatic rings. The highest BCUT2D eigenvalue weighted by molar-refractivity contribution is 5.82. The van der Waals surface area contributed by atoms with Crippen molar-refractivity contribution >= 4 is 10.9 Å². The molecule has 3 rings (SSSR count). The molecule has 1 atom stereocenters. The van der Waals surface area contributed by atoms with E-state index in [0.29, 0.717) is 0 Å². The molecule has 3 nitrogen and oxygen atoms in total. The zero-order valence-electron chi connectivity index (χ0n) is 10.7. The van der Waals surface area contributed by atoms with Gasteiger partial charge in [0.1, 0.15) is 11.9 Å². The molecule has 0 bridgehead atoms. The van der Waals surface area contributed by atoms with Crippen LogP contribution in [-0.2, 0) is 6.42 Å². The second kappa shape index (κ2) is 4.86. The van der Waals surface area contributed by atoms with Crippen molar-refractivity contribution in [3.05, 3.63) is 65.7 Å². The van der Waals surface area contributed by atoms with Gasteiger partial charge in [0.2, 0.25) is 0 Å². The molecule has 2 aromatic heterocycles. The lowest BCUT2D eigenvalue weighted by atomic mass is 9.98. The average molecular weight is 253 g/mol. The third-order valence-corrected chi connectivity index (χ3v) is 3.35. The maximum atomic E-state index is 10.6. The Kier molecular flexibility index (Phi) is 3.05. The van der Waals surface area contributed by atoms with Gasteiger partial charge in [-0.15, -0.1) is 0 Å². The first-order valence-corrected chi connectivity index (χ1v) is 6.39. The van der Waals surface area contributed by atoms with Gasteiger partial charge < -0.3 is 9.52 Å². The number of fused-ring (bicyclic) bond motifs is 1. The van der Waals surface area contributed by atoms with Gasteiger partial charge in [-0.25, -0.2) is 0 Å². The standard InChI is InChI=1S/C16H15NO2/c1-2-14-12(8-10-19-14)16(18)13-7-3-5-11-6-4-9-17-15(11)13/h3-10,16,18H,2H2,1H3. The number of hydrogen-bond acceptors (Lipinski definition) is 3. The Bertz CT molecular complexity index is 697. The fraction of sp³-hybridized carbons (Fsp3) is 0.188. The Morgan fingerprint density at radius 2 is 2.00 bits per heavy atom. The number of aromatic nitrogens is 1. The Morgan fingerprint density at radius 1 is 1.16 bits per heavy atom. The third-order valence-electron chi connectivity index (χ3n) is 3.35. The second-order valence-corrected chi connectivity index (χ2v) is 4.48. The van der Waals surface area contributed by atoms with Gasteiger partial charge in [0.15, 0.2) is 0 Å². The summed E-state index contributed by atoms with van der Waals surface area (Å²) in [5.74, 6) is 0.820. The van der Waals surface area contributed by atoms with Crippen LogP contribution in [0.2, 0.25) is 0 Å². The summed E-state index contributed by atoms with van der Waals surface area (Å²) in [6.45, 7) is 2.01. The topological polar surface area (TPSA) is 46.3 Å². The molecule has 0 aliphatic heterocycles. The molecule has 0 radical (unpaired) electrons. The van der Waals surface area contributed by atoms with Crippen LogP contribution in [0, 0.1) is 0 Å². The van der Waals surface area contributed by atoms with Crippen LogP contribution in [0.4, 0.5) is 0 Å². The van der Waals surface area contributed by atoms with E-state index >= 15 is 0 Å². The molecule has 3 heteroatoms. The normalized spacial score (nSPS) is 12.7. The van der Waals surface area contributed by atoms with Crippen LogP contribution in [0.15, 0.2) is 53.3 Å². The highest BCUT2D eigenvalue weighted by Gasteiger charge is 2.18. The van der Waals surface area contributed by atoms with Gasteiger partial charge >= 0.3 is 0 Å². The van der Waals surface area contributed by atoms with Crippen LogP contribution in [0.3, 0.4) is 0 Å². The van der Waals surface area contributed by atoms with E-state index in [1.165, 1.54) is 0 Å². The molecule has 0 saturated carbocycles. The van der Waals surface area contributed by atoms with Crippen molar-refractivity contribution in [1.29, 1.82) is 0 Å². The molecular weight excluding hydrogens is 238 g/mol.